The fraction of sp³-hybridized carbons (Fsp3) is 0.545. The number of benzene rings is 1. The Kier molecular flexibility index (Phi) is 5.74. The molecule has 0 radical (unpaired) electrons. The van der Waals surface area contributed by atoms with Gasteiger partial charge in [0.05, 0.1) is 11.8 Å². The first-order chi connectivity index (χ1) is 13.5. The molecule has 2 unspecified atom stereocenters. The van der Waals surface area contributed by atoms with E-state index in [9.17, 15) is 9.59 Å². The second kappa shape index (κ2) is 8.26. The molecular formula is C22H28ClN3O2. The van der Waals surface area contributed by atoms with Gasteiger partial charge in [0, 0.05) is 43.4 Å². The van der Waals surface area contributed by atoms with Crippen molar-refractivity contribution in [3.63, 3.8) is 0 Å². The highest BCUT2D eigenvalue weighted by Gasteiger charge is 2.46. The number of rotatable bonds is 5. The quantitative estimate of drug-likeness (QED) is 0.561. The Hall–Kier alpha value is -1.85. The largest absolute Gasteiger partial charge is 0.369 e. The number of halogens is 1. The average Bonchev–Trinajstić information content (AvgIpc) is 2.95. The number of anilines is 1. The molecule has 2 saturated heterocycles. The number of fused-ring (bicyclic) bond motifs is 1. The zero-order chi connectivity index (χ0) is 19.7. The SMILES string of the molecule is Cc1ccc(Cl)cc1N1CCN(CCCN2C(=O)C3CC=CCC3C2=O)CC1. The summed E-state index contributed by atoms with van der Waals surface area (Å²) in [5, 5.41) is 0.777. The van der Waals surface area contributed by atoms with E-state index >= 15 is 0 Å². The highest BCUT2D eigenvalue weighted by atomic mass is 35.5. The van der Waals surface area contributed by atoms with Gasteiger partial charge >= 0.3 is 0 Å². The van der Waals surface area contributed by atoms with E-state index in [-0.39, 0.29) is 23.7 Å². The summed E-state index contributed by atoms with van der Waals surface area (Å²) >= 11 is 6.16. The molecule has 4 rings (SSSR count). The van der Waals surface area contributed by atoms with Crippen LogP contribution in [0, 0.1) is 18.8 Å². The number of piperazine rings is 1. The van der Waals surface area contributed by atoms with Crippen LogP contribution >= 0.6 is 11.6 Å². The predicted octanol–water partition coefficient (Wildman–Crippen LogP) is 3.11. The van der Waals surface area contributed by atoms with Crippen LogP contribution in [0.3, 0.4) is 0 Å². The summed E-state index contributed by atoms with van der Waals surface area (Å²) in [6.07, 6.45) is 6.36. The minimum Gasteiger partial charge on any atom is -0.369 e. The van der Waals surface area contributed by atoms with E-state index in [1.807, 2.05) is 24.3 Å². The van der Waals surface area contributed by atoms with E-state index in [2.05, 4.69) is 22.8 Å². The van der Waals surface area contributed by atoms with Crippen LogP contribution < -0.4 is 4.90 Å². The van der Waals surface area contributed by atoms with Crippen LogP contribution in [0.15, 0.2) is 30.4 Å². The number of hydrogen-bond donors (Lipinski definition) is 0. The number of carbonyl (C=O) groups is 2. The summed E-state index contributed by atoms with van der Waals surface area (Å²) in [4.78, 5) is 31.4. The summed E-state index contributed by atoms with van der Waals surface area (Å²) in [7, 11) is 0. The highest BCUT2D eigenvalue weighted by molar-refractivity contribution is 6.30. The van der Waals surface area contributed by atoms with Crippen molar-refractivity contribution in [1.82, 2.24) is 9.80 Å². The lowest BCUT2D eigenvalue weighted by Gasteiger charge is -2.37. The first-order valence-corrected chi connectivity index (χ1v) is 10.7. The Morgan fingerprint density at radius 3 is 2.25 bits per heavy atom. The Morgan fingerprint density at radius 2 is 1.61 bits per heavy atom. The molecule has 6 heteroatoms. The first-order valence-electron chi connectivity index (χ1n) is 10.3. The van der Waals surface area contributed by atoms with Crippen LogP contribution in [0.4, 0.5) is 5.69 Å². The maximum absolute atomic E-state index is 12.5. The smallest absolute Gasteiger partial charge is 0.233 e. The monoisotopic (exact) mass is 401 g/mol. The van der Waals surface area contributed by atoms with Crippen LogP contribution in [0.2, 0.25) is 5.02 Å². The Labute approximate surface area is 171 Å². The van der Waals surface area contributed by atoms with Crippen molar-refractivity contribution >= 4 is 29.1 Å². The molecule has 0 spiro atoms. The average molecular weight is 402 g/mol. The van der Waals surface area contributed by atoms with Crippen LogP contribution in [0.1, 0.15) is 24.8 Å². The van der Waals surface area contributed by atoms with Gasteiger partial charge in [-0.2, -0.15) is 0 Å². The Bertz CT molecular complexity index is 760. The van der Waals surface area contributed by atoms with Gasteiger partial charge in [-0.15, -0.1) is 0 Å². The van der Waals surface area contributed by atoms with Crippen LogP contribution in [-0.4, -0.2) is 60.9 Å². The summed E-state index contributed by atoms with van der Waals surface area (Å²) in [5.41, 5.74) is 2.47. The van der Waals surface area contributed by atoms with E-state index in [0.717, 1.165) is 57.0 Å². The van der Waals surface area contributed by atoms with Crippen molar-refractivity contribution in [2.24, 2.45) is 11.8 Å². The molecule has 2 atom stereocenters. The molecule has 2 amide bonds. The first kappa shape index (κ1) is 19.5. The molecule has 5 nitrogen and oxygen atoms in total. The Balaban J connectivity index is 1.24. The topological polar surface area (TPSA) is 43.9 Å². The summed E-state index contributed by atoms with van der Waals surface area (Å²) in [5.74, 6) is -0.134. The lowest BCUT2D eigenvalue weighted by Crippen LogP contribution is -2.47. The van der Waals surface area contributed by atoms with E-state index in [4.69, 9.17) is 11.6 Å². The van der Waals surface area contributed by atoms with Gasteiger partial charge in [0.25, 0.3) is 0 Å². The molecule has 3 aliphatic rings. The molecule has 0 aromatic heterocycles. The predicted molar refractivity (Wildman–Crippen MR) is 112 cm³/mol. The van der Waals surface area contributed by atoms with Gasteiger partial charge in [-0.3, -0.25) is 19.4 Å². The molecule has 1 aliphatic carbocycles. The number of carbonyl (C=O) groups excluding carboxylic acids is 2. The molecule has 1 aromatic rings. The van der Waals surface area contributed by atoms with Crippen LogP contribution in [0.25, 0.3) is 0 Å². The minimum absolute atomic E-state index is 0.0422. The fourth-order valence-corrected chi connectivity index (χ4v) is 4.84. The fourth-order valence-electron chi connectivity index (χ4n) is 4.68. The number of aryl methyl sites for hydroxylation is 1. The second-order valence-electron chi connectivity index (χ2n) is 8.10. The number of likely N-dealkylation sites (tertiary alicyclic amines) is 1. The maximum Gasteiger partial charge on any atom is 0.233 e. The Morgan fingerprint density at radius 1 is 0.964 bits per heavy atom. The van der Waals surface area contributed by atoms with Gasteiger partial charge in [0.15, 0.2) is 0 Å². The minimum atomic E-state index is -0.109. The molecule has 28 heavy (non-hydrogen) atoms. The van der Waals surface area contributed by atoms with Gasteiger partial charge in [0.2, 0.25) is 11.8 Å². The third kappa shape index (κ3) is 3.83. The van der Waals surface area contributed by atoms with Crippen molar-refractivity contribution in [3.05, 3.63) is 40.9 Å². The molecular weight excluding hydrogens is 374 g/mol. The number of hydrogen-bond acceptors (Lipinski definition) is 4. The number of amides is 2. The van der Waals surface area contributed by atoms with E-state index in [1.165, 1.54) is 16.2 Å². The van der Waals surface area contributed by atoms with Gasteiger partial charge < -0.3 is 4.90 Å². The molecule has 2 aliphatic heterocycles. The van der Waals surface area contributed by atoms with Crippen molar-refractivity contribution in [3.8, 4) is 0 Å². The van der Waals surface area contributed by atoms with Crippen molar-refractivity contribution in [2.75, 3.05) is 44.2 Å². The zero-order valence-electron chi connectivity index (χ0n) is 16.4. The van der Waals surface area contributed by atoms with Crippen LogP contribution in [-0.2, 0) is 9.59 Å². The lowest BCUT2D eigenvalue weighted by atomic mass is 9.85. The van der Waals surface area contributed by atoms with Crippen molar-refractivity contribution < 1.29 is 9.59 Å². The summed E-state index contributed by atoms with van der Waals surface area (Å²) < 4.78 is 0. The third-order valence-corrected chi connectivity index (χ3v) is 6.57. The van der Waals surface area contributed by atoms with Crippen molar-refractivity contribution in [1.29, 1.82) is 0 Å². The second-order valence-corrected chi connectivity index (χ2v) is 8.53. The zero-order valence-corrected chi connectivity index (χ0v) is 17.2. The summed E-state index contributed by atoms with van der Waals surface area (Å²) in [6, 6.07) is 6.05. The molecule has 0 saturated carbocycles. The van der Waals surface area contributed by atoms with Gasteiger partial charge in [0.1, 0.15) is 0 Å². The van der Waals surface area contributed by atoms with Gasteiger partial charge in [-0.25, -0.2) is 0 Å². The van der Waals surface area contributed by atoms with E-state index < -0.39 is 0 Å². The molecule has 0 N–H and O–H groups in total. The normalized spacial score (nSPS) is 25.5. The van der Waals surface area contributed by atoms with Crippen molar-refractivity contribution in [2.45, 2.75) is 26.2 Å². The highest BCUT2D eigenvalue weighted by Crippen LogP contribution is 2.35. The van der Waals surface area contributed by atoms with Gasteiger partial charge in [-0.1, -0.05) is 29.8 Å². The number of imide groups is 1. The molecule has 2 heterocycles. The number of allylic oxidation sites excluding steroid dienone is 2. The lowest BCUT2D eigenvalue weighted by molar-refractivity contribution is -0.140. The van der Waals surface area contributed by atoms with Crippen LogP contribution in [0.5, 0.6) is 0 Å². The van der Waals surface area contributed by atoms with E-state index in [1.54, 1.807) is 0 Å². The molecule has 2 fully saturated rings. The van der Waals surface area contributed by atoms with Gasteiger partial charge in [-0.05, 0) is 50.4 Å². The van der Waals surface area contributed by atoms with E-state index in [0.29, 0.717) is 6.54 Å². The summed E-state index contributed by atoms with van der Waals surface area (Å²) in [6.45, 7) is 7.52. The molecule has 150 valence electrons. The molecule has 0 bridgehead atoms. The third-order valence-electron chi connectivity index (χ3n) is 6.34. The molecule has 1 aromatic carbocycles. The number of nitrogens with zero attached hydrogens (tertiary/aromatic N) is 3. The standard InChI is InChI=1S/C22H28ClN3O2/c1-16-7-8-17(23)15-20(16)25-13-11-24(12-14-25)9-4-10-26-21(27)18-5-2-3-6-19(18)22(26)28/h2-3,7-8,15,18-19H,4-6,9-14H2,1H3. The maximum atomic E-state index is 12.5.